The molecule has 0 aliphatic carbocycles. The van der Waals surface area contributed by atoms with E-state index in [9.17, 15) is 13.6 Å². The number of nitrogens with zero attached hydrogens (tertiary/aromatic N) is 2. The van der Waals surface area contributed by atoms with E-state index in [-0.39, 0.29) is 30.1 Å². The number of pyridine rings is 1. The van der Waals surface area contributed by atoms with Crippen LogP contribution in [-0.4, -0.2) is 42.0 Å². The Morgan fingerprint density at radius 1 is 1.06 bits per heavy atom. The van der Waals surface area contributed by atoms with E-state index in [1.807, 2.05) is 23.1 Å². The summed E-state index contributed by atoms with van der Waals surface area (Å²) in [5, 5.41) is 2.60. The third-order valence-corrected chi connectivity index (χ3v) is 5.20. The van der Waals surface area contributed by atoms with Gasteiger partial charge in [0.15, 0.2) is 0 Å². The summed E-state index contributed by atoms with van der Waals surface area (Å²) in [5.74, 6) is -0.971. The van der Waals surface area contributed by atoms with E-state index in [1.165, 1.54) is 18.2 Å². The normalized spacial score (nSPS) is 16.8. The van der Waals surface area contributed by atoms with Crippen molar-refractivity contribution in [2.45, 2.75) is 12.5 Å². The zero-order valence-corrected chi connectivity index (χ0v) is 16.9. The molecule has 1 fully saturated rings. The van der Waals surface area contributed by atoms with Crippen molar-refractivity contribution in [1.29, 1.82) is 0 Å². The number of halogens is 2. The summed E-state index contributed by atoms with van der Waals surface area (Å²) >= 11 is 0. The fraction of sp³-hybridized carbons (Fsp3) is 0.250. The summed E-state index contributed by atoms with van der Waals surface area (Å²) in [4.78, 5) is 18.8. The molecule has 0 spiro atoms. The average Bonchev–Trinajstić information content (AvgIpc) is 2.78. The largest absolute Gasteiger partial charge is 0.369 e. The molecule has 31 heavy (non-hydrogen) atoms. The van der Waals surface area contributed by atoms with Crippen molar-refractivity contribution >= 4 is 11.6 Å². The van der Waals surface area contributed by atoms with Crippen molar-refractivity contribution in [2.75, 3.05) is 31.6 Å². The molecule has 7 heteroatoms. The molecule has 0 bridgehead atoms. The first kappa shape index (κ1) is 21.1. The van der Waals surface area contributed by atoms with Gasteiger partial charge in [0.1, 0.15) is 17.7 Å². The number of ether oxygens (including phenoxy) is 1. The third-order valence-electron chi connectivity index (χ3n) is 5.20. The molecule has 5 nitrogen and oxygen atoms in total. The molecule has 2 aromatic carbocycles. The number of nitrogens with one attached hydrogen (secondary N) is 1. The van der Waals surface area contributed by atoms with Crippen LogP contribution in [0.1, 0.15) is 22.9 Å². The van der Waals surface area contributed by atoms with Gasteiger partial charge >= 0.3 is 0 Å². The van der Waals surface area contributed by atoms with E-state index >= 15 is 0 Å². The molecule has 1 atom stereocenters. The van der Waals surface area contributed by atoms with Crippen LogP contribution in [0.4, 0.5) is 14.5 Å². The second-order valence-electron chi connectivity index (χ2n) is 7.48. The first-order chi connectivity index (χ1) is 15.1. The second-order valence-corrected chi connectivity index (χ2v) is 7.48. The zero-order chi connectivity index (χ0) is 21.6. The smallest absolute Gasteiger partial charge is 0.238 e. The van der Waals surface area contributed by atoms with Gasteiger partial charge in [-0.2, -0.15) is 0 Å². The first-order valence-electron chi connectivity index (χ1n) is 10.1. The molecule has 3 aromatic rings. The molecule has 0 radical (unpaired) electrons. The van der Waals surface area contributed by atoms with E-state index in [2.05, 4.69) is 10.3 Å². The standard InChI is InChI=1S/C24H23F2N3O2/c25-19-6-2-1-5-18(19)13-17-9-10-22(27-14-17)23-15-29(11-12-31-23)16-24(30)28-21-8-4-3-7-20(21)26/h1-10,14,23H,11-13,15-16H2,(H,28,30)/t23-/m0/s1. The maximum atomic E-state index is 13.9. The minimum atomic E-state index is -0.463. The fourth-order valence-corrected chi connectivity index (χ4v) is 3.57. The van der Waals surface area contributed by atoms with Crippen LogP contribution in [-0.2, 0) is 16.0 Å². The lowest BCUT2D eigenvalue weighted by molar-refractivity contribution is -0.119. The molecule has 1 N–H and O–H groups in total. The highest BCUT2D eigenvalue weighted by molar-refractivity contribution is 5.92. The number of rotatable bonds is 6. The highest BCUT2D eigenvalue weighted by atomic mass is 19.1. The maximum absolute atomic E-state index is 13.9. The van der Waals surface area contributed by atoms with Gasteiger partial charge in [-0.05, 0) is 35.4 Å². The molecule has 4 rings (SSSR count). The summed E-state index contributed by atoms with van der Waals surface area (Å²) in [6, 6.07) is 16.6. The quantitative estimate of drug-likeness (QED) is 0.652. The van der Waals surface area contributed by atoms with Crippen molar-refractivity contribution < 1.29 is 18.3 Å². The van der Waals surface area contributed by atoms with Crippen LogP contribution in [0.3, 0.4) is 0 Å². The lowest BCUT2D eigenvalue weighted by Crippen LogP contribution is -2.42. The monoisotopic (exact) mass is 423 g/mol. The van der Waals surface area contributed by atoms with Gasteiger partial charge in [0.05, 0.1) is 24.5 Å². The molecule has 160 valence electrons. The van der Waals surface area contributed by atoms with Crippen molar-refractivity contribution in [3.63, 3.8) is 0 Å². The topological polar surface area (TPSA) is 54.5 Å². The number of carbonyl (C=O) groups excluding carboxylic acids is 1. The lowest BCUT2D eigenvalue weighted by atomic mass is 10.1. The van der Waals surface area contributed by atoms with Gasteiger partial charge in [-0.1, -0.05) is 36.4 Å². The van der Waals surface area contributed by atoms with Crippen LogP contribution >= 0.6 is 0 Å². The van der Waals surface area contributed by atoms with Gasteiger partial charge in [0, 0.05) is 25.7 Å². The molecular weight excluding hydrogens is 400 g/mol. The molecule has 1 aliphatic rings. The lowest BCUT2D eigenvalue weighted by Gasteiger charge is -2.32. The van der Waals surface area contributed by atoms with Crippen molar-refractivity contribution in [1.82, 2.24) is 9.88 Å². The minimum Gasteiger partial charge on any atom is -0.369 e. The van der Waals surface area contributed by atoms with Gasteiger partial charge in [-0.15, -0.1) is 0 Å². The Balaban J connectivity index is 1.34. The van der Waals surface area contributed by atoms with Crippen LogP contribution in [0.5, 0.6) is 0 Å². The number of aromatic nitrogens is 1. The summed E-state index contributed by atoms with van der Waals surface area (Å²) in [7, 11) is 0. The summed E-state index contributed by atoms with van der Waals surface area (Å²) < 4.78 is 33.4. The predicted molar refractivity (Wildman–Crippen MR) is 114 cm³/mol. The molecule has 1 saturated heterocycles. The predicted octanol–water partition coefficient (Wildman–Crippen LogP) is 3.96. The number of hydrogen-bond acceptors (Lipinski definition) is 4. The van der Waals surface area contributed by atoms with Crippen molar-refractivity contribution in [3.8, 4) is 0 Å². The molecule has 0 saturated carbocycles. The Bertz CT molecular complexity index is 1040. The second kappa shape index (κ2) is 9.76. The Labute approximate surface area is 179 Å². The summed E-state index contributed by atoms with van der Waals surface area (Å²) in [6.45, 7) is 1.72. The maximum Gasteiger partial charge on any atom is 0.238 e. The molecule has 1 amide bonds. The Kier molecular flexibility index (Phi) is 6.64. The molecule has 0 unspecified atom stereocenters. The summed E-state index contributed by atoms with van der Waals surface area (Å²) in [6.07, 6.45) is 1.93. The number of amides is 1. The fourth-order valence-electron chi connectivity index (χ4n) is 3.57. The number of hydrogen-bond donors (Lipinski definition) is 1. The molecule has 1 aromatic heterocycles. The number of para-hydroxylation sites is 1. The van der Waals surface area contributed by atoms with Crippen molar-refractivity contribution in [2.24, 2.45) is 0 Å². The van der Waals surface area contributed by atoms with Crippen LogP contribution in [0.2, 0.25) is 0 Å². The van der Waals surface area contributed by atoms with Crippen LogP contribution in [0, 0.1) is 11.6 Å². The van der Waals surface area contributed by atoms with Gasteiger partial charge in [-0.3, -0.25) is 14.7 Å². The number of morpholine rings is 1. The third kappa shape index (κ3) is 5.51. The molecule has 1 aliphatic heterocycles. The average molecular weight is 423 g/mol. The highest BCUT2D eigenvalue weighted by Gasteiger charge is 2.24. The Morgan fingerprint density at radius 2 is 1.84 bits per heavy atom. The van der Waals surface area contributed by atoms with Crippen LogP contribution < -0.4 is 5.32 Å². The number of carbonyl (C=O) groups is 1. The van der Waals surface area contributed by atoms with E-state index < -0.39 is 5.82 Å². The van der Waals surface area contributed by atoms with Crippen molar-refractivity contribution in [3.05, 3.63) is 95.3 Å². The first-order valence-corrected chi connectivity index (χ1v) is 10.1. The van der Waals surface area contributed by atoms with E-state index in [0.717, 1.165) is 11.3 Å². The summed E-state index contributed by atoms with van der Waals surface area (Å²) in [5.41, 5.74) is 2.46. The molecule has 2 heterocycles. The Morgan fingerprint density at radius 3 is 2.58 bits per heavy atom. The zero-order valence-electron chi connectivity index (χ0n) is 16.9. The SMILES string of the molecule is O=C(CN1CCO[C@H](c2ccc(Cc3ccccc3F)cn2)C1)Nc1ccccc1F. The van der Waals surface area contributed by atoms with Gasteiger partial charge in [-0.25, -0.2) is 8.78 Å². The van der Waals surface area contributed by atoms with Gasteiger partial charge in [0.2, 0.25) is 5.91 Å². The van der Waals surface area contributed by atoms with E-state index in [1.54, 1.807) is 30.5 Å². The van der Waals surface area contributed by atoms with Gasteiger partial charge in [0.25, 0.3) is 0 Å². The van der Waals surface area contributed by atoms with Gasteiger partial charge < -0.3 is 10.1 Å². The molecular formula is C24H23F2N3O2. The number of anilines is 1. The van der Waals surface area contributed by atoms with Crippen LogP contribution in [0.25, 0.3) is 0 Å². The minimum absolute atomic E-state index is 0.138. The van der Waals surface area contributed by atoms with Crippen LogP contribution in [0.15, 0.2) is 66.9 Å². The Hall–Kier alpha value is -3.16. The van der Waals surface area contributed by atoms with E-state index in [0.29, 0.717) is 31.7 Å². The number of benzene rings is 2. The van der Waals surface area contributed by atoms with E-state index in [4.69, 9.17) is 4.74 Å². The highest BCUT2D eigenvalue weighted by Crippen LogP contribution is 2.22.